The maximum atomic E-state index is 13.2. The first-order valence-electron chi connectivity index (χ1n) is 9.82. The Balaban J connectivity index is 1.96. The van der Waals surface area contributed by atoms with Crippen molar-refractivity contribution >= 4 is 32.6 Å². The number of hydrogen-bond acceptors (Lipinski definition) is 7. The average molecular weight is 430 g/mol. The zero-order valence-electron chi connectivity index (χ0n) is 18.0. The van der Waals surface area contributed by atoms with E-state index in [0.29, 0.717) is 41.8 Å². The second kappa shape index (κ2) is 9.36. The highest BCUT2D eigenvalue weighted by Gasteiger charge is 2.22. The van der Waals surface area contributed by atoms with Gasteiger partial charge in [-0.2, -0.15) is 0 Å². The number of thiazole rings is 1. The topological polar surface area (TPSA) is 80.6 Å². The standard InChI is InChI=1S/C21H27N5O3S/c1-6-29-16-8-7-9-17-19(16)23-21(30-17)26(11-10-24(4)5)18(27)12-25-13-22-15(3)14(2)20(25)28/h7-9,13H,6,10-12H2,1-5H3. The van der Waals surface area contributed by atoms with Gasteiger partial charge in [0.25, 0.3) is 5.56 Å². The molecule has 1 amide bonds. The molecule has 0 fully saturated rings. The van der Waals surface area contributed by atoms with E-state index in [9.17, 15) is 9.59 Å². The van der Waals surface area contributed by atoms with Crippen molar-refractivity contribution in [2.75, 3.05) is 38.7 Å². The van der Waals surface area contributed by atoms with Crippen molar-refractivity contribution in [3.05, 3.63) is 46.1 Å². The number of anilines is 1. The monoisotopic (exact) mass is 429 g/mol. The number of benzene rings is 1. The number of para-hydroxylation sites is 1. The molecule has 0 saturated heterocycles. The lowest BCUT2D eigenvalue weighted by Crippen LogP contribution is -2.40. The summed E-state index contributed by atoms with van der Waals surface area (Å²) >= 11 is 1.44. The molecule has 0 aliphatic rings. The van der Waals surface area contributed by atoms with Crippen molar-refractivity contribution in [1.29, 1.82) is 0 Å². The van der Waals surface area contributed by atoms with Gasteiger partial charge in [0, 0.05) is 24.3 Å². The number of carbonyl (C=O) groups excluding carboxylic acids is 1. The fourth-order valence-corrected chi connectivity index (χ4v) is 3.97. The van der Waals surface area contributed by atoms with Crippen LogP contribution in [0.2, 0.25) is 0 Å². The Kier molecular flexibility index (Phi) is 6.84. The molecule has 3 rings (SSSR count). The molecule has 0 bridgehead atoms. The summed E-state index contributed by atoms with van der Waals surface area (Å²) in [5.74, 6) is 0.494. The van der Waals surface area contributed by atoms with Crippen LogP contribution in [0.25, 0.3) is 10.2 Å². The van der Waals surface area contributed by atoms with Gasteiger partial charge in [0.15, 0.2) is 5.13 Å². The minimum absolute atomic E-state index is 0.0887. The summed E-state index contributed by atoms with van der Waals surface area (Å²) in [5.41, 5.74) is 1.76. The number of fused-ring (bicyclic) bond motifs is 1. The Morgan fingerprint density at radius 3 is 2.70 bits per heavy atom. The van der Waals surface area contributed by atoms with Crippen LogP contribution in [-0.2, 0) is 11.3 Å². The molecule has 8 nitrogen and oxygen atoms in total. The number of aromatic nitrogens is 3. The van der Waals surface area contributed by atoms with Gasteiger partial charge in [-0.1, -0.05) is 17.4 Å². The van der Waals surface area contributed by atoms with E-state index in [0.717, 1.165) is 10.2 Å². The number of ether oxygens (including phenoxy) is 1. The van der Waals surface area contributed by atoms with E-state index < -0.39 is 0 Å². The van der Waals surface area contributed by atoms with Crippen LogP contribution in [-0.4, -0.2) is 59.1 Å². The van der Waals surface area contributed by atoms with E-state index in [1.165, 1.54) is 22.2 Å². The molecule has 3 aromatic rings. The van der Waals surface area contributed by atoms with Gasteiger partial charge in [-0.25, -0.2) is 9.97 Å². The molecule has 30 heavy (non-hydrogen) atoms. The van der Waals surface area contributed by atoms with E-state index in [-0.39, 0.29) is 18.0 Å². The third kappa shape index (κ3) is 4.68. The summed E-state index contributed by atoms with van der Waals surface area (Å²) in [4.78, 5) is 38.3. The molecule has 160 valence electrons. The normalized spacial score (nSPS) is 11.3. The number of rotatable bonds is 8. The number of aryl methyl sites for hydroxylation is 1. The molecule has 0 spiro atoms. The number of amides is 1. The second-order valence-electron chi connectivity index (χ2n) is 7.27. The Morgan fingerprint density at radius 2 is 2.00 bits per heavy atom. The largest absolute Gasteiger partial charge is 0.492 e. The van der Waals surface area contributed by atoms with Crippen molar-refractivity contribution in [3.8, 4) is 5.75 Å². The molecule has 0 saturated carbocycles. The molecular formula is C21H27N5O3S. The Hall–Kier alpha value is -2.78. The third-order valence-electron chi connectivity index (χ3n) is 4.79. The minimum atomic E-state index is -0.207. The lowest BCUT2D eigenvalue weighted by molar-refractivity contribution is -0.119. The quantitative estimate of drug-likeness (QED) is 0.547. The summed E-state index contributed by atoms with van der Waals surface area (Å²) in [6.45, 7) is 7.01. The maximum Gasteiger partial charge on any atom is 0.256 e. The molecule has 0 N–H and O–H groups in total. The molecular weight excluding hydrogens is 402 g/mol. The summed E-state index contributed by atoms with van der Waals surface area (Å²) in [7, 11) is 3.90. The van der Waals surface area contributed by atoms with Gasteiger partial charge >= 0.3 is 0 Å². The van der Waals surface area contributed by atoms with Crippen LogP contribution in [0, 0.1) is 13.8 Å². The Bertz CT molecular complexity index is 1110. The van der Waals surface area contributed by atoms with Crippen LogP contribution < -0.4 is 15.2 Å². The van der Waals surface area contributed by atoms with Crippen LogP contribution in [0.1, 0.15) is 18.2 Å². The van der Waals surface area contributed by atoms with Crippen molar-refractivity contribution in [2.45, 2.75) is 27.3 Å². The van der Waals surface area contributed by atoms with Crippen molar-refractivity contribution < 1.29 is 9.53 Å². The molecule has 9 heteroatoms. The van der Waals surface area contributed by atoms with Gasteiger partial charge in [0.1, 0.15) is 17.8 Å². The van der Waals surface area contributed by atoms with E-state index >= 15 is 0 Å². The highest BCUT2D eigenvalue weighted by molar-refractivity contribution is 7.22. The number of nitrogens with zero attached hydrogens (tertiary/aromatic N) is 5. The molecule has 2 aromatic heterocycles. The Morgan fingerprint density at radius 1 is 1.23 bits per heavy atom. The fraction of sp³-hybridized carbons (Fsp3) is 0.429. The van der Waals surface area contributed by atoms with Crippen LogP contribution in [0.4, 0.5) is 5.13 Å². The van der Waals surface area contributed by atoms with Crippen molar-refractivity contribution in [1.82, 2.24) is 19.4 Å². The lowest BCUT2D eigenvalue weighted by atomic mass is 10.3. The SMILES string of the molecule is CCOc1cccc2sc(N(CCN(C)C)C(=O)Cn3cnc(C)c(C)c3=O)nc12. The van der Waals surface area contributed by atoms with Crippen molar-refractivity contribution in [3.63, 3.8) is 0 Å². The van der Waals surface area contributed by atoms with Crippen LogP contribution >= 0.6 is 11.3 Å². The highest BCUT2D eigenvalue weighted by Crippen LogP contribution is 2.34. The first kappa shape index (κ1) is 21.9. The zero-order valence-corrected chi connectivity index (χ0v) is 18.8. The van der Waals surface area contributed by atoms with Crippen LogP contribution in [0.15, 0.2) is 29.3 Å². The van der Waals surface area contributed by atoms with E-state index in [2.05, 4.69) is 4.98 Å². The molecule has 0 atom stereocenters. The average Bonchev–Trinajstić information content (AvgIpc) is 3.13. The predicted molar refractivity (Wildman–Crippen MR) is 120 cm³/mol. The fourth-order valence-electron chi connectivity index (χ4n) is 2.95. The molecule has 0 aliphatic carbocycles. The molecule has 0 radical (unpaired) electrons. The molecule has 0 aliphatic heterocycles. The molecule has 1 aromatic carbocycles. The number of likely N-dealkylation sites (N-methyl/N-ethyl adjacent to an activating group) is 1. The minimum Gasteiger partial charge on any atom is -0.492 e. The summed E-state index contributed by atoms with van der Waals surface area (Å²) in [5, 5.41) is 0.592. The van der Waals surface area contributed by atoms with Gasteiger partial charge in [-0.3, -0.25) is 19.1 Å². The highest BCUT2D eigenvalue weighted by atomic mass is 32.1. The van der Waals surface area contributed by atoms with E-state index in [1.54, 1.807) is 18.7 Å². The zero-order chi connectivity index (χ0) is 21.8. The number of hydrogen-bond donors (Lipinski definition) is 0. The summed E-state index contributed by atoms with van der Waals surface area (Å²) < 4.78 is 7.99. The van der Waals surface area contributed by atoms with Gasteiger partial charge in [0.05, 0.1) is 17.6 Å². The summed E-state index contributed by atoms with van der Waals surface area (Å²) in [6.07, 6.45) is 1.43. The van der Waals surface area contributed by atoms with Gasteiger partial charge < -0.3 is 9.64 Å². The lowest BCUT2D eigenvalue weighted by Gasteiger charge is -2.22. The van der Waals surface area contributed by atoms with Crippen LogP contribution in [0.3, 0.4) is 0 Å². The second-order valence-corrected chi connectivity index (χ2v) is 8.28. The first-order chi connectivity index (χ1) is 14.3. The van der Waals surface area contributed by atoms with Crippen LogP contribution in [0.5, 0.6) is 5.75 Å². The smallest absolute Gasteiger partial charge is 0.256 e. The predicted octanol–water partition coefficient (Wildman–Crippen LogP) is 2.46. The van der Waals surface area contributed by atoms with E-state index in [4.69, 9.17) is 9.72 Å². The van der Waals surface area contributed by atoms with Gasteiger partial charge in [-0.05, 0) is 47.0 Å². The third-order valence-corrected chi connectivity index (χ3v) is 5.84. The molecule has 0 unspecified atom stereocenters. The van der Waals surface area contributed by atoms with Crippen molar-refractivity contribution in [2.24, 2.45) is 0 Å². The first-order valence-corrected chi connectivity index (χ1v) is 10.6. The Labute approximate surface area is 179 Å². The summed E-state index contributed by atoms with van der Waals surface area (Å²) in [6, 6.07) is 5.76. The van der Waals surface area contributed by atoms with Gasteiger partial charge in [-0.15, -0.1) is 0 Å². The maximum absolute atomic E-state index is 13.2. The van der Waals surface area contributed by atoms with E-state index in [1.807, 2.05) is 44.1 Å². The molecule has 2 heterocycles. The van der Waals surface area contributed by atoms with Gasteiger partial charge in [0.2, 0.25) is 5.91 Å². The number of carbonyl (C=O) groups is 1.